The Morgan fingerprint density at radius 2 is 1.71 bits per heavy atom. The molecule has 14 heavy (non-hydrogen) atoms. The largest absolute Gasteiger partial charge is 1.00 e. The van der Waals surface area contributed by atoms with E-state index in [0.29, 0.717) is 0 Å². The smallest absolute Gasteiger partial charge is 1.00 e. The average molecular weight is 179 g/mol. The van der Waals surface area contributed by atoms with Gasteiger partial charge in [-0.1, -0.05) is 18.2 Å². The molecule has 0 aliphatic heterocycles. The number of aromatic hydroxyl groups is 1. The molecule has 3 heteroatoms. The van der Waals surface area contributed by atoms with Crippen molar-refractivity contribution in [1.29, 1.82) is 0 Å². The Labute approximate surface area is 96.3 Å². The van der Waals surface area contributed by atoms with Gasteiger partial charge in [0.25, 0.3) is 0 Å². The Balaban J connectivity index is 0.000000980. The summed E-state index contributed by atoms with van der Waals surface area (Å²) < 4.78 is 0. The fourth-order valence-corrected chi connectivity index (χ4v) is 1.21. The third-order valence-corrected chi connectivity index (χ3v) is 1.84. The fourth-order valence-electron chi connectivity index (χ4n) is 1.21. The third-order valence-electron chi connectivity index (χ3n) is 1.84. The molecular weight excluding hydrogens is 169 g/mol. The molecule has 2 nitrogen and oxygen atoms in total. The maximum atomic E-state index is 9.52. The van der Waals surface area contributed by atoms with Crippen molar-refractivity contribution in [3.8, 4) is 17.0 Å². The average Bonchev–Trinajstić information content (AvgIpc) is 2.20. The molecule has 1 aromatic carbocycles. The van der Waals surface area contributed by atoms with E-state index in [1.54, 1.807) is 18.3 Å². The summed E-state index contributed by atoms with van der Waals surface area (Å²) in [6.45, 7) is 0. The summed E-state index contributed by atoms with van der Waals surface area (Å²) in [5.74, 6) is 0.265. The summed E-state index contributed by atoms with van der Waals surface area (Å²) in [5, 5.41) is 9.52. The standard InChI is InChI=1S/C11H9NO.Li.H/c13-11-7-2-1-5-9(11)10-6-3-4-8-12-10;;/h1-8,13H;;/q;+1;-1. The molecule has 0 aliphatic carbocycles. The molecule has 1 N–H and O–H groups in total. The number of benzene rings is 1. The fraction of sp³-hybridized carbons (Fsp3) is 0. The van der Waals surface area contributed by atoms with E-state index in [-0.39, 0.29) is 26.0 Å². The molecule has 0 unspecified atom stereocenters. The second-order valence-corrected chi connectivity index (χ2v) is 2.73. The molecule has 0 aliphatic rings. The van der Waals surface area contributed by atoms with Crippen LogP contribution in [-0.2, 0) is 0 Å². The van der Waals surface area contributed by atoms with E-state index in [1.165, 1.54) is 0 Å². The zero-order valence-electron chi connectivity index (χ0n) is 9.01. The van der Waals surface area contributed by atoms with Crippen LogP contribution in [0, 0.1) is 0 Å². The van der Waals surface area contributed by atoms with E-state index in [2.05, 4.69) is 4.98 Å². The van der Waals surface area contributed by atoms with Gasteiger partial charge in [-0.25, -0.2) is 0 Å². The van der Waals surface area contributed by atoms with Crippen LogP contribution in [0.4, 0.5) is 0 Å². The van der Waals surface area contributed by atoms with Gasteiger partial charge in [-0.15, -0.1) is 0 Å². The van der Waals surface area contributed by atoms with E-state index in [4.69, 9.17) is 0 Å². The van der Waals surface area contributed by atoms with Crippen molar-refractivity contribution < 1.29 is 25.4 Å². The summed E-state index contributed by atoms with van der Waals surface area (Å²) in [6, 6.07) is 12.8. The van der Waals surface area contributed by atoms with E-state index in [9.17, 15) is 5.11 Å². The molecule has 0 atom stereocenters. The molecule has 0 bridgehead atoms. The van der Waals surface area contributed by atoms with Crippen molar-refractivity contribution in [3.63, 3.8) is 0 Å². The molecule has 66 valence electrons. The second kappa shape index (κ2) is 4.85. The van der Waals surface area contributed by atoms with Crippen molar-refractivity contribution >= 4 is 0 Å². The number of aromatic nitrogens is 1. The van der Waals surface area contributed by atoms with E-state index >= 15 is 0 Å². The van der Waals surface area contributed by atoms with Crippen LogP contribution in [0.2, 0.25) is 0 Å². The molecular formula is C11H10LiNO. The van der Waals surface area contributed by atoms with E-state index in [0.717, 1.165) is 11.3 Å². The quantitative estimate of drug-likeness (QED) is 0.602. The normalized spacial score (nSPS) is 9.14. The molecule has 0 spiro atoms. The predicted molar refractivity (Wildman–Crippen MR) is 52.4 cm³/mol. The molecule has 2 rings (SSSR count). The summed E-state index contributed by atoms with van der Waals surface area (Å²) in [4.78, 5) is 4.15. The Bertz CT molecular complexity index is 408. The molecule has 0 radical (unpaired) electrons. The molecule has 1 heterocycles. The minimum Gasteiger partial charge on any atom is -1.00 e. The van der Waals surface area contributed by atoms with Crippen LogP contribution < -0.4 is 18.9 Å². The Kier molecular flexibility index (Phi) is 3.76. The van der Waals surface area contributed by atoms with Crippen molar-refractivity contribution in [3.05, 3.63) is 48.7 Å². The summed E-state index contributed by atoms with van der Waals surface area (Å²) >= 11 is 0. The summed E-state index contributed by atoms with van der Waals surface area (Å²) in [6.07, 6.45) is 1.71. The maximum absolute atomic E-state index is 9.52. The van der Waals surface area contributed by atoms with Gasteiger partial charge < -0.3 is 6.53 Å². The van der Waals surface area contributed by atoms with Crippen molar-refractivity contribution in [1.82, 2.24) is 4.98 Å². The van der Waals surface area contributed by atoms with Gasteiger partial charge >= 0.3 is 18.9 Å². The van der Waals surface area contributed by atoms with Gasteiger partial charge in [0, 0.05) is 11.8 Å². The zero-order valence-corrected chi connectivity index (χ0v) is 8.01. The molecule has 0 saturated carbocycles. The van der Waals surface area contributed by atoms with Crippen molar-refractivity contribution in [2.24, 2.45) is 0 Å². The first-order valence-electron chi connectivity index (χ1n) is 4.07. The first kappa shape index (κ1) is 10.8. The Morgan fingerprint density at radius 1 is 1.00 bits per heavy atom. The minimum atomic E-state index is 0. The van der Waals surface area contributed by atoms with Gasteiger partial charge in [0.05, 0.1) is 5.69 Å². The number of nitrogens with zero attached hydrogens (tertiary/aromatic N) is 1. The Morgan fingerprint density at radius 3 is 2.36 bits per heavy atom. The number of phenolic OH excluding ortho intramolecular Hbond substituents is 1. The van der Waals surface area contributed by atoms with Crippen LogP contribution in [0.5, 0.6) is 5.75 Å². The number of phenols is 1. The minimum absolute atomic E-state index is 0. The number of hydrogen-bond donors (Lipinski definition) is 1. The van der Waals surface area contributed by atoms with Gasteiger partial charge in [0.2, 0.25) is 0 Å². The Hall–Kier alpha value is -1.23. The van der Waals surface area contributed by atoms with Crippen LogP contribution in [0.15, 0.2) is 48.7 Å². The van der Waals surface area contributed by atoms with E-state index < -0.39 is 0 Å². The van der Waals surface area contributed by atoms with Crippen molar-refractivity contribution in [2.45, 2.75) is 0 Å². The van der Waals surface area contributed by atoms with Gasteiger partial charge in [-0.3, -0.25) is 4.98 Å². The SMILES string of the molecule is Oc1ccccc1-c1ccccn1.[H-].[Li+]. The number of hydrogen-bond acceptors (Lipinski definition) is 2. The van der Waals surface area contributed by atoms with Crippen LogP contribution in [-0.4, -0.2) is 10.1 Å². The summed E-state index contributed by atoms with van der Waals surface area (Å²) in [7, 11) is 0. The zero-order chi connectivity index (χ0) is 9.10. The van der Waals surface area contributed by atoms with Crippen molar-refractivity contribution in [2.75, 3.05) is 0 Å². The monoisotopic (exact) mass is 179 g/mol. The number of para-hydroxylation sites is 1. The first-order valence-corrected chi connectivity index (χ1v) is 4.07. The van der Waals surface area contributed by atoms with Crippen LogP contribution >= 0.6 is 0 Å². The number of rotatable bonds is 1. The molecule has 1 aromatic heterocycles. The molecule has 0 amide bonds. The van der Waals surface area contributed by atoms with E-state index in [1.807, 2.05) is 30.3 Å². The van der Waals surface area contributed by atoms with Crippen LogP contribution in [0.1, 0.15) is 1.43 Å². The summed E-state index contributed by atoms with van der Waals surface area (Å²) in [5.41, 5.74) is 1.56. The molecule has 0 saturated heterocycles. The first-order chi connectivity index (χ1) is 6.38. The predicted octanol–water partition coefficient (Wildman–Crippen LogP) is -0.429. The van der Waals surface area contributed by atoms with Gasteiger partial charge in [-0.2, -0.15) is 0 Å². The second-order valence-electron chi connectivity index (χ2n) is 2.73. The molecule has 0 fully saturated rings. The number of pyridine rings is 1. The third kappa shape index (κ3) is 2.17. The van der Waals surface area contributed by atoms with Gasteiger partial charge in [-0.05, 0) is 24.3 Å². The van der Waals surface area contributed by atoms with Gasteiger partial charge in [0.1, 0.15) is 5.75 Å². The van der Waals surface area contributed by atoms with Gasteiger partial charge in [0.15, 0.2) is 0 Å². The molecule has 2 aromatic rings. The van der Waals surface area contributed by atoms with Crippen LogP contribution in [0.25, 0.3) is 11.3 Å². The van der Waals surface area contributed by atoms with Crippen LogP contribution in [0.3, 0.4) is 0 Å². The maximum Gasteiger partial charge on any atom is 1.00 e. The topological polar surface area (TPSA) is 33.1 Å².